The number of hydrogen-bond donors (Lipinski definition) is 0. The van der Waals surface area contributed by atoms with Gasteiger partial charge in [0, 0.05) is 21.3 Å². The van der Waals surface area contributed by atoms with E-state index in [1.54, 1.807) is 21.3 Å². The van der Waals surface area contributed by atoms with Gasteiger partial charge in [0.2, 0.25) is 0 Å². The van der Waals surface area contributed by atoms with Gasteiger partial charge in [-0.1, -0.05) is 19.6 Å². The Hall–Kier alpha value is 0.0569. The molecular formula is C12H26O4Si. The number of hydrogen-bond acceptors (Lipinski definition) is 4. The molecule has 1 heterocycles. The minimum atomic E-state index is -1.34. The molecule has 0 N–H and O–H groups in total. The van der Waals surface area contributed by atoms with E-state index in [0.29, 0.717) is 12.3 Å². The largest absolute Gasteiger partial charge is 0.382 e. The van der Waals surface area contributed by atoms with Crippen molar-refractivity contribution in [3.63, 3.8) is 0 Å². The third-order valence-corrected chi connectivity index (χ3v) is 5.69. The molecule has 0 amide bonds. The monoisotopic (exact) mass is 262 g/mol. The molecular weight excluding hydrogens is 236 g/mol. The lowest BCUT2D eigenvalue weighted by molar-refractivity contribution is -0.183. The molecule has 1 fully saturated rings. The van der Waals surface area contributed by atoms with Crippen molar-refractivity contribution >= 4 is 8.07 Å². The van der Waals surface area contributed by atoms with Crippen molar-refractivity contribution in [1.82, 2.24) is 0 Å². The highest BCUT2D eigenvalue weighted by molar-refractivity contribution is 6.77. The van der Waals surface area contributed by atoms with E-state index in [1.807, 2.05) is 0 Å². The van der Waals surface area contributed by atoms with Crippen LogP contribution in [0.1, 0.15) is 6.42 Å². The Bertz CT molecular complexity index is 229. The first-order chi connectivity index (χ1) is 7.93. The minimum Gasteiger partial charge on any atom is -0.382 e. The molecule has 0 aromatic heterocycles. The summed E-state index contributed by atoms with van der Waals surface area (Å²) in [5, 5.41) is 0. The first kappa shape index (κ1) is 15.1. The maximum Gasteiger partial charge on any atom is 0.112 e. The molecule has 4 atom stereocenters. The standard InChI is InChI=1S/C12H26O4Si/c1-13-8-10-12(15-3)9(14-2)7-11(16-10)17(4,5)6/h9-12H,7-8H2,1-6H3/t9-,10-,11-,12+/m1/s1. The number of ether oxygens (including phenoxy) is 4. The molecule has 0 saturated carbocycles. The summed E-state index contributed by atoms with van der Waals surface area (Å²) in [7, 11) is 3.80. The van der Waals surface area contributed by atoms with Crippen molar-refractivity contribution in [3.8, 4) is 0 Å². The van der Waals surface area contributed by atoms with Crippen LogP contribution >= 0.6 is 0 Å². The third-order valence-electron chi connectivity index (χ3n) is 3.39. The van der Waals surface area contributed by atoms with Crippen LogP contribution in [0.5, 0.6) is 0 Å². The summed E-state index contributed by atoms with van der Waals surface area (Å²) in [5.74, 6) is 0. The lowest BCUT2D eigenvalue weighted by Crippen LogP contribution is -2.57. The van der Waals surface area contributed by atoms with Crippen LogP contribution in [0.25, 0.3) is 0 Å². The SMILES string of the molecule is COC[C@H]1O[C@H]([Si](C)(C)C)C[C@@H](OC)[C@@H]1OC. The Morgan fingerprint density at radius 2 is 1.76 bits per heavy atom. The van der Waals surface area contributed by atoms with E-state index in [0.717, 1.165) is 6.42 Å². The molecule has 0 bridgehead atoms. The predicted molar refractivity (Wildman–Crippen MR) is 70.1 cm³/mol. The maximum absolute atomic E-state index is 6.16. The van der Waals surface area contributed by atoms with Crippen molar-refractivity contribution < 1.29 is 18.9 Å². The molecule has 17 heavy (non-hydrogen) atoms. The zero-order valence-corrected chi connectivity index (χ0v) is 12.9. The Labute approximate surface area is 106 Å². The van der Waals surface area contributed by atoms with Gasteiger partial charge in [-0.3, -0.25) is 0 Å². The highest BCUT2D eigenvalue weighted by Crippen LogP contribution is 2.29. The maximum atomic E-state index is 6.16. The van der Waals surface area contributed by atoms with Gasteiger partial charge in [-0.2, -0.15) is 0 Å². The van der Waals surface area contributed by atoms with Crippen molar-refractivity contribution in [2.75, 3.05) is 27.9 Å². The lowest BCUT2D eigenvalue weighted by atomic mass is 10.0. The van der Waals surface area contributed by atoms with Crippen LogP contribution in [-0.2, 0) is 18.9 Å². The molecule has 0 radical (unpaired) electrons. The lowest BCUT2D eigenvalue weighted by Gasteiger charge is -2.44. The molecule has 1 aliphatic heterocycles. The van der Waals surface area contributed by atoms with Gasteiger partial charge < -0.3 is 18.9 Å². The van der Waals surface area contributed by atoms with Crippen LogP contribution in [0.2, 0.25) is 19.6 Å². The third kappa shape index (κ3) is 3.76. The van der Waals surface area contributed by atoms with Crippen LogP contribution in [0.15, 0.2) is 0 Å². The topological polar surface area (TPSA) is 36.9 Å². The summed E-state index contributed by atoms with van der Waals surface area (Å²) in [6, 6.07) is 0. The fourth-order valence-electron chi connectivity index (χ4n) is 2.32. The number of rotatable bonds is 5. The fraction of sp³-hybridized carbons (Fsp3) is 1.00. The van der Waals surface area contributed by atoms with Crippen molar-refractivity contribution in [1.29, 1.82) is 0 Å². The number of methoxy groups -OCH3 is 3. The summed E-state index contributed by atoms with van der Waals surface area (Å²) >= 11 is 0. The van der Waals surface area contributed by atoms with E-state index in [-0.39, 0.29) is 18.3 Å². The molecule has 5 heteroatoms. The second-order valence-corrected chi connectivity index (χ2v) is 11.1. The summed E-state index contributed by atoms with van der Waals surface area (Å²) in [5.41, 5.74) is 0.305. The van der Waals surface area contributed by atoms with E-state index in [2.05, 4.69) is 19.6 Å². The summed E-state index contributed by atoms with van der Waals surface area (Å²) < 4.78 is 22.4. The van der Waals surface area contributed by atoms with E-state index >= 15 is 0 Å². The molecule has 1 saturated heterocycles. The quantitative estimate of drug-likeness (QED) is 0.707. The Kier molecular flexibility index (Phi) is 5.59. The van der Waals surface area contributed by atoms with Crippen molar-refractivity contribution in [2.45, 2.75) is 50.1 Å². The Morgan fingerprint density at radius 1 is 1.12 bits per heavy atom. The van der Waals surface area contributed by atoms with Gasteiger partial charge in [0.1, 0.15) is 12.2 Å². The van der Waals surface area contributed by atoms with Gasteiger partial charge in [0.05, 0.1) is 26.5 Å². The van der Waals surface area contributed by atoms with Crippen LogP contribution in [0, 0.1) is 0 Å². The van der Waals surface area contributed by atoms with E-state index in [4.69, 9.17) is 18.9 Å². The highest BCUT2D eigenvalue weighted by Gasteiger charge is 2.43. The first-order valence-corrected chi connectivity index (χ1v) is 9.71. The van der Waals surface area contributed by atoms with Crippen LogP contribution < -0.4 is 0 Å². The molecule has 0 unspecified atom stereocenters. The first-order valence-electron chi connectivity index (χ1n) is 6.14. The second kappa shape index (κ2) is 6.29. The summed E-state index contributed by atoms with van der Waals surface area (Å²) in [6.45, 7) is 7.52. The zero-order chi connectivity index (χ0) is 13.1. The van der Waals surface area contributed by atoms with Crippen LogP contribution in [-0.4, -0.2) is 60.0 Å². The molecule has 0 spiro atoms. The zero-order valence-electron chi connectivity index (χ0n) is 11.9. The van der Waals surface area contributed by atoms with E-state index in [9.17, 15) is 0 Å². The summed E-state index contributed by atoms with van der Waals surface area (Å²) in [6.07, 6.45) is 0.962. The predicted octanol–water partition coefficient (Wildman–Crippen LogP) is 1.70. The van der Waals surface area contributed by atoms with Gasteiger partial charge in [0.25, 0.3) is 0 Å². The van der Waals surface area contributed by atoms with Crippen molar-refractivity contribution in [3.05, 3.63) is 0 Å². The molecule has 0 aliphatic carbocycles. The highest BCUT2D eigenvalue weighted by atomic mass is 28.3. The molecule has 102 valence electrons. The molecule has 4 nitrogen and oxygen atoms in total. The molecule has 1 aliphatic rings. The summed E-state index contributed by atoms with van der Waals surface area (Å²) in [4.78, 5) is 0. The molecule has 0 aromatic carbocycles. The average molecular weight is 262 g/mol. The average Bonchev–Trinajstić information content (AvgIpc) is 2.27. The fourth-order valence-corrected chi connectivity index (χ4v) is 3.84. The van der Waals surface area contributed by atoms with Crippen LogP contribution in [0.4, 0.5) is 0 Å². The van der Waals surface area contributed by atoms with Gasteiger partial charge in [-0.25, -0.2) is 0 Å². The normalized spacial score (nSPS) is 34.9. The minimum absolute atomic E-state index is 0.0274. The Balaban J connectivity index is 2.79. The van der Waals surface area contributed by atoms with E-state index < -0.39 is 8.07 Å². The van der Waals surface area contributed by atoms with Gasteiger partial charge in [-0.15, -0.1) is 0 Å². The van der Waals surface area contributed by atoms with Gasteiger partial charge in [-0.05, 0) is 6.42 Å². The van der Waals surface area contributed by atoms with Crippen molar-refractivity contribution in [2.24, 2.45) is 0 Å². The van der Waals surface area contributed by atoms with Crippen LogP contribution in [0.3, 0.4) is 0 Å². The molecule has 1 rings (SSSR count). The Morgan fingerprint density at radius 3 is 2.18 bits per heavy atom. The second-order valence-electron chi connectivity index (χ2n) is 5.69. The van der Waals surface area contributed by atoms with E-state index in [1.165, 1.54) is 0 Å². The van der Waals surface area contributed by atoms with Gasteiger partial charge in [0.15, 0.2) is 0 Å². The molecule has 0 aromatic rings. The smallest absolute Gasteiger partial charge is 0.112 e. The van der Waals surface area contributed by atoms with Gasteiger partial charge >= 0.3 is 0 Å².